The van der Waals surface area contributed by atoms with Gasteiger partial charge in [0.25, 0.3) is 0 Å². The molecule has 2 atom stereocenters. The largest absolute Gasteiger partial charge is 0.358 e. The maximum absolute atomic E-state index is 11.4. The minimum absolute atomic E-state index is 0.127. The Morgan fingerprint density at radius 3 is 2.40 bits per heavy atom. The highest BCUT2D eigenvalue weighted by Crippen LogP contribution is 2.41. The second-order valence-corrected chi connectivity index (χ2v) is 7.55. The summed E-state index contributed by atoms with van der Waals surface area (Å²) in [6.45, 7) is 9.78. The quantitative estimate of drug-likeness (QED) is 0.823. The summed E-state index contributed by atoms with van der Waals surface area (Å²) in [6, 6.07) is 1.32. The van der Waals surface area contributed by atoms with E-state index in [9.17, 15) is 4.79 Å². The second kappa shape index (κ2) is 6.44. The number of carbonyl (C=O) groups is 1. The Bertz CT molecular complexity index is 335. The molecule has 1 saturated carbocycles. The van der Waals surface area contributed by atoms with Crippen LogP contribution >= 0.6 is 0 Å². The zero-order valence-corrected chi connectivity index (χ0v) is 13.5. The van der Waals surface area contributed by atoms with Crippen LogP contribution in [0.4, 0.5) is 0 Å². The molecule has 0 spiro atoms. The molecule has 0 bridgehead atoms. The molecule has 1 aliphatic carbocycles. The van der Waals surface area contributed by atoms with E-state index in [1.54, 1.807) is 7.05 Å². The number of hydrogen-bond acceptors (Lipinski definition) is 3. The fourth-order valence-corrected chi connectivity index (χ4v) is 3.96. The average Bonchev–Trinajstić information content (AvgIpc) is 2.64. The van der Waals surface area contributed by atoms with Gasteiger partial charge in [0.2, 0.25) is 5.91 Å². The highest BCUT2D eigenvalue weighted by Gasteiger charge is 2.37. The Kier molecular flexibility index (Phi) is 5.08. The third kappa shape index (κ3) is 4.19. The van der Waals surface area contributed by atoms with Crippen LogP contribution in [0, 0.1) is 11.3 Å². The molecule has 2 rings (SSSR count). The van der Waals surface area contributed by atoms with Gasteiger partial charge in [-0.3, -0.25) is 9.69 Å². The van der Waals surface area contributed by atoms with Crippen molar-refractivity contribution in [3.63, 3.8) is 0 Å². The van der Waals surface area contributed by atoms with E-state index in [0.717, 1.165) is 19.0 Å². The lowest BCUT2D eigenvalue weighted by Gasteiger charge is -2.34. The maximum Gasteiger partial charge on any atom is 0.233 e. The molecule has 0 aromatic carbocycles. The van der Waals surface area contributed by atoms with Gasteiger partial charge in [0.05, 0.1) is 6.54 Å². The Labute approximate surface area is 123 Å². The molecule has 2 fully saturated rings. The van der Waals surface area contributed by atoms with Gasteiger partial charge in [-0.25, -0.2) is 0 Å². The lowest BCUT2D eigenvalue weighted by atomic mass is 9.91. The molecule has 1 amide bonds. The zero-order valence-electron chi connectivity index (χ0n) is 13.5. The van der Waals surface area contributed by atoms with Crippen molar-refractivity contribution < 1.29 is 4.79 Å². The van der Waals surface area contributed by atoms with Crippen LogP contribution in [-0.4, -0.2) is 49.6 Å². The first-order chi connectivity index (χ1) is 9.39. The first kappa shape index (κ1) is 15.8. The number of amides is 1. The number of rotatable bonds is 4. The van der Waals surface area contributed by atoms with Crippen LogP contribution in [0.25, 0.3) is 0 Å². The lowest BCUT2D eigenvalue weighted by Crippen LogP contribution is -2.48. The molecular formula is C16H31N3O. The molecule has 1 aliphatic heterocycles. The van der Waals surface area contributed by atoms with E-state index in [1.165, 1.54) is 25.7 Å². The molecule has 1 saturated heterocycles. The van der Waals surface area contributed by atoms with Crippen molar-refractivity contribution in [1.82, 2.24) is 15.5 Å². The van der Waals surface area contributed by atoms with Crippen LogP contribution < -0.4 is 10.6 Å². The summed E-state index contributed by atoms with van der Waals surface area (Å²) in [7, 11) is 1.71. The topological polar surface area (TPSA) is 44.4 Å². The van der Waals surface area contributed by atoms with Crippen LogP contribution in [0.1, 0.15) is 46.5 Å². The summed E-state index contributed by atoms with van der Waals surface area (Å²) in [6.07, 6.45) is 4.97. The second-order valence-electron chi connectivity index (χ2n) is 7.55. The van der Waals surface area contributed by atoms with Crippen LogP contribution in [0.15, 0.2) is 0 Å². The SMILES string of the molecule is CNC(=O)CN1CCC(NC2CC(C)(C)CC2C)CC1. The van der Waals surface area contributed by atoms with E-state index in [1.807, 2.05) is 0 Å². The van der Waals surface area contributed by atoms with Gasteiger partial charge in [0.1, 0.15) is 0 Å². The summed E-state index contributed by atoms with van der Waals surface area (Å²) in [5.74, 6) is 0.913. The number of hydrogen-bond donors (Lipinski definition) is 2. The highest BCUT2D eigenvalue weighted by molar-refractivity contribution is 5.77. The van der Waals surface area contributed by atoms with Crippen molar-refractivity contribution in [1.29, 1.82) is 0 Å². The number of piperidine rings is 1. The monoisotopic (exact) mass is 281 g/mol. The van der Waals surface area contributed by atoms with Crippen LogP contribution in [0.5, 0.6) is 0 Å². The number of nitrogens with one attached hydrogen (secondary N) is 2. The van der Waals surface area contributed by atoms with Crippen molar-refractivity contribution in [2.45, 2.75) is 58.5 Å². The normalized spacial score (nSPS) is 31.4. The Balaban J connectivity index is 1.73. The third-order valence-electron chi connectivity index (χ3n) is 5.02. The number of nitrogens with zero attached hydrogens (tertiary/aromatic N) is 1. The predicted octanol–water partition coefficient (Wildman–Crippen LogP) is 1.61. The van der Waals surface area contributed by atoms with E-state index >= 15 is 0 Å². The Hall–Kier alpha value is -0.610. The van der Waals surface area contributed by atoms with Gasteiger partial charge in [-0.05, 0) is 37.0 Å². The molecule has 4 heteroatoms. The smallest absolute Gasteiger partial charge is 0.233 e. The van der Waals surface area contributed by atoms with Gasteiger partial charge in [-0.1, -0.05) is 20.8 Å². The first-order valence-electron chi connectivity index (χ1n) is 8.08. The summed E-state index contributed by atoms with van der Waals surface area (Å²) in [5, 5.41) is 6.58. The summed E-state index contributed by atoms with van der Waals surface area (Å²) in [4.78, 5) is 13.6. The van der Waals surface area contributed by atoms with E-state index in [0.29, 0.717) is 24.0 Å². The van der Waals surface area contributed by atoms with Crippen molar-refractivity contribution in [2.24, 2.45) is 11.3 Å². The fourth-order valence-electron chi connectivity index (χ4n) is 3.96. The van der Waals surface area contributed by atoms with Crippen LogP contribution in [0.2, 0.25) is 0 Å². The maximum atomic E-state index is 11.4. The van der Waals surface area contributed by atoms with Crippen molar-refractivity contribution in [2.75, 3.05) is 26.7 Å². The molecule has 2 aliphatic rings. The van der Waals surface area contributed by atoms with Crippen LogP contribution in [-0.2, 0) is 4.79 Å². The van der Waals surface area contributed by atoms with Crippen molar-refractivity contribution in [3.05, 3.63) is 0 Å². The fraction of sp³-hybridized carbons (Fsp3) is 0.938. The zero-order chi connectivity index (χ0) is 14.8. The van der Waals surface area contributed by atoms with E-state index in [-0.39, 0.29) is 5.91 Å². The molecule has 0 aromatic heterocycles. The molecule has 0 radical (unpaired) electrons. The molecule has 0 aromatic rings. The molecule has 1 heterocycles. The highest BCUT2D eigenvalue weighted by atomic mass is 16.1. The predicted molar refractivity (Wildman–Crippen MR) is 82.6 cm³/mol. The van der Waals surface area contributed by atoms with Gasteiger partial charge in [0.15, 0.2) is 0 Å². The Morgan fingerprint density at radius 1 is 1.25 bits per heavy atom. The van der Waals surface area contributed by atoms with Gasteiger partial charge in [0, 0.05) is 32.2 Å². The molecule has 116 valence electrons. The lowest BCUT2D eigenvalue weighted by molar-refractivity contribution is -0.122. The summed E-state index contributed by atoms with van der Waals surface area (Å²) < 4.78 is 0. The Morgan fingerprint density at radius 2 is 1.90 bits per heavy atom. The minimum atomic E-state index is 0.127. The molecule has 2 N–H and O–H groups in total. The van der Waals surface area contributed by atoms with Gasteiger partial charge in [-0.15, -0.1) is 0 Å². The number of likely N-dealkylation sites (N-methyl/N-ethyl adjacent to an activating group) is 1. The van der Waals surface area contributed by atoms with Crippen molar-refractivity contribution in [3.8, 4) is 0 Å². The van der Waals surface area contributed by atoms with Crippen molar-refractivity contribution >= 4 is 5.91 Å². The average molecular weight is 281 g/mol. The molecule has 20 heavy (non-hydrogen) atoms. The van der Waals surface area contributed by atoms with E-state index < -0.39 is 0 Å². The molecule has 4 nitrogen and oxygen atoms in total. The minimum Gasteiger partial charge on any atom is -0.358 e. The van der Waals surface area contributed by atoms with Crippen LogP contribution in [0.3, 0.4) is 0 Å². The van der Waals surface area contributed by atoms with Gasteiger partial charge in [-0.2, -0.15) is 0 Å². The third-order valence-corrected chi connectivity index (χ3v) is 5.02. The van der Waals surface area contributed by atoms with Gasteiger partial charge >= 0.3 is 0 Å². The molecule has 2 unspecified atom stereocenters. The first-order valence-corrected chi connectivity index (χ1v) is 8.08. The summed E-state index contributed by atoms with van der Waals surface area (Å²) in [5.41, 5.74) is 0.497. The van der Waals surface area contributed by atoms with E-state index in [4.69, 9.17) is 0 Å². The standard InChI is InChI=1S/C16H31N3O/c1-12-9-16(2,3)10-14(12)18-13-5-7-19(8-6-13)11-15(20)17-4/h12-14,18H,5-11H2,1-4H3,(H,17,20). The molecular weight excluding hydrogens is 250 g/mol. The number of carbonyl (C=O) groups excluding carboxylic acids is 1. The summed E-state index contributed by atoms with van der Waals surface area (Å²) >= 11 is 0. The van der Waals surface area contributed by atoms with Gasteiger partial charge < -0.3 is 10.6 Å². The number of likely N-dealkylation sites (tertiary alicyclic amines) is 1. The van der Waals surface area contributed by atoms with E-state index in [2.05, 4.69) is 36.3 Å².